The molecule has 1 fully saturated rings. The maximum Gasteiger partial charge on any atom is 0.245 e. The number of nitrogens with zero attached hydrogens (tertiary/aromatic N) is 2. The summed E-state index contributed by atoms with van der Waals surface area (Å²) in [6.07, 6.45) is 1.34. The van der Waals surface area contributed by atoms with Crippen molar-refractivity contribution in [1.82, 2.24) is 9.29 Å². The van der Waals surface area contributed by atoms with Gasteiger partial charge in [-0.25, -0.2) is 8.42 Å². The van der Waals surface area contributed by atoms with Gasteiger partial charge in [0.1, 0.15) is 15.6 Å². The van der Waals surface area contributed by atoms with Crippen molar-refractivity contribution < 1.29 is 13.2 Å². The van der Waals surface area contributed by atoms with E-state index in [0.29, 0.717) is 19.7 Å². The van der Waals surface area contributed by atoms with Gasteiger partial charge >= 0.3 is 0 Å². The Morgan fingerprint density at radius 2 is 2.37 bits per heavy atom. The first-order valence-electron chi connectivity index (χ1n) is 5.79. The van der Waals surface area contributed by atoms with Crippen molar-refractivity contribution >= 4 is 27.2 Å². The van der Waals surface area contributed by atoms with Crippen LogP contribution in [0.2, 0.25) is 0 Å². The monoisotopic (exact) mass is 301 g/mol. The van der Waals surface area contributed by atoms with Crippen LogP contribution in [0, 0.1) is 0 Å². The second-order valence-corrected chi connectivity index (χ2v) is 6.61. The molecule has 8 heteroatoms. The first-order chi connectivity index (χ1) is 8.93. The van der Waals surface area contributed by atoms with Crippen LogP contribution < -0.4 is 5.73 Å². The molecule has 1 unspecified atom stereocenters. The number of aromatic nitrogens is 1. The maximum atomic E-state index is 12.6. The molecule has 2 heterocycles. The van der Waals surface area contributed by atoms with Gasteiger partial charge in [-0.15, -0.1) is 0 Å². The summed E-state index contributed by atoms with van der Waals surface area (Å²) in [5.74, 6) is 0. The van der Waals surface area contributed by atoms with Crippen molar-refractivity contribution in [2.24, 2.45) is 5.73 Å². The van der Waals surface area contributed by atoms with Crippen molar-refractivity contribution in [1.29, 1.82) is 0 Å². The van der Waals surface area contributed by atoms with Gasteiger partial charge in [0.2, 0.25) is 10.0 Å². The van der Waals surface area contributed by atoms with Crippen LogP contribution in [0.4, 0.5) is 0 Å². The van der Waals surface area contributed by atoms with Crippen molar-refractivity contribution in [3.63, 3.8) is 0 Å². The molecule has 1 atom stereocenters. The summed E-state index contributed by atoms with van der Waals surface area (Å²) in [7, 11) is -3.65. The topological polar surface area (TPSA) is 85.5 Å². The van der Waals surface area contributed by atoms with E-state index in [1.165, 1.54) is 16.6 Å². The van der Waals surface area contributed by atoms with E-state index in [1.807, 2.05) is 6.92 Å². The Bertz CT molecular complexity index is 589. The molecule has 0 aromatic carbocycles. The largest absolute Gasteiger partial charge is 0.388 e. The van der Waals surface area contributed by atoms with E-state index in [4.69, 9.17) is 22.7 Å². The molecule has 104 valence electrons. The van der Waals surface area contributed by atoms with E-state index in [0.717, 1.165) is 0 Å². The zero-order valence-electron chi connectivity index (χ0n) is 10.4. The second-order valence-electron chi connectivity index (χ2n) is 4.26. The summed E-state index contributed by atoms with van der Waals surface area (Å²) in [4.78, 5) is 3.98. The number of rotatable bonds is 3. The van der Waals surface area contributed by atoms with Crippen LogP contribution in [-0.4, -0.2) is 48.5 Å². The van der Waals surface area contributed by atoms with E-state index >= 15 is 0 Å². The predicted octanol–water partition coefficient (Wildman–Crippen LogP) is 0.125. The van der Waals surface area contributed by atoms with Gasteiger partial charge in [-0.2, -0.15) is 4.31 Å². The molecule has 1 aliphatic rings. The first kappa shape index (κ1) is 14.3. The highest BCUT2D eigenvalue weighted by molar-refractivity contribution is 7.89. The SMILES string of the molecule is CC1CN(S(=O)(=O)c2cccnc2C(N)=S)CCO1. The predicted molar refractivity (Wildman–Crippen MR) is 74.3 cm³/mol. The van der Waals surface area contributed by atoms with Gasteiger partial charge < -0.3 is 10.5 Å². The van der Waals surface area contributed by atoms with Crippen LogP contribution >= 0.6 is 12.2 Å². The quantitative estimate of drug-likeness (QED) is 0.799. The molecule has 2 rings (SSSR count). The highest BCUT2D eigenvalue weighted by Crippen LogP contribution is 2.20. The molecule has 19 heavy (non-hydrogen) atoms. The van der Waals surface area contributed by atoms with E-state index < -0.39 is 10.0 Å². The molecule has 2 N–H and O–H groups in total. The van der Waals surface area contributed by atoms with Gasteiger partial charge in [-0.1, -0.05) is 12.2 Å². The average molecular weight is 301 g/mol. The van der Waals surface area contributed by atoms with Gasteiger partial charge in [-0.3, -0.25) is 4.98 Å². The number of hydrogen-bond donors (Lipinski definition) is 1. The maximum absolute atomic E-state index is 12.6. The van der Waals surface area contributed by atoms with Gasteiger partial charge in [-0.05, 0) is 19.1 Å². The summed E-state index contributed by atoms with van der Waals surface area (Å²) >= 11 is 4.85. The lowest BCUT2D eigenvalue weighted by Crippen LogP contribution is -2.44. The molecule has 1 aromatic rings. The standard InChI is InChI=1S/C11H15N3O3S2/c1-8-7-14(5-6-17-8)19(15,16)9-3-2-4-13-10(9)11(12)18/h2-4,8H,5-7H2,1H3,(H2,12,18). The molecule has 0 saturated carbocycles. The Kier molecular flexibility index (Phi) is 4.14. The van der Waals surface area contributed by atoms with E-state index in [9.17, 15) is 8.42 Å². The lowest BCUT2D eigenvalue weighted by Gasteiger charge is -2.30. The molecule has 1 aromatic heterocycles. The molecule has 0 amide bonds. The normalized spacial score (nSPS) is 21.2. The Morgan fingerprint density at radius 1 is 1.63 bits per heavy atom. The van der Waals surface area contributed by atoms with Crippen molar-refractivity contribution in [2.75, 3.05) is 19.7 Å². The molecule has 0 radical (unpaired) electrons. The third-order valence-electron chi connectivity index (χ3n) is 2.83. The molecule has 0 spiro atoms. The smallest absolute Gasteiger partial charge is 0.245 e. The van der Waals surface area contributed by atoms with Crippen LogP contribution in [0.1, 0.15) is 12.6 Å². The summed E-state index contributed by atoms with van der Waals surface area (Å²) in [6, 6.07) is 3.02. The van der Waals surface area contributed by atoms with Crippen LogP contribution in [0.3, 0.4) is 0 Å². The highest BCUT2D eigenvalue weighted by Gasteiger charge is 2.31. The van der Waals surface area contributed by atoms with E-state index in [2.05, 4.69) is 4.98 Å². The lowest BCUT2D eigenvalue weighted by atomic mass is 10.3. The number of hydrogen-bond acceptors (Lipinski definition) is 5. The molecule has 1 saturated heterocycles. The number of pyridine rings is 1. The summed E-state index contributed by atoms with van der Waals surface area (Å²) < 4.78 is 31.9. The molecule has 0 aliphatic carbocycles. The minimum absolute atomic E-state index is 0.0273. The van der Waals surface area contributed by atoms with Gasteiger partial charge in [0, 0.05) is 19.3 Å². The van der Waals surface area contributed by atoms with Crippen LogP contribution in [0.5, 0.6) is 0 Å². The molecular formula is C11H15N3O3S2. The number of ether oxygens (including phenoxy) is 1. The summed E-state index contributed by atoms with van der Waals surface area (Å²) in [6.45, 7) is 2.84. The zero-order chi connectivity index (χ0) is 14.0. The number of nitrogens with two attached hydrogens (primary N) is 1. The number of thiocarbonyl (C=S) groups is 1. The summed E-state index contributed by atoms with van der Waals surface area (Å²) in [5.41, 5.74) is 5.67. The zero-order valence-corrected chi connectivity index (χ0v) is 12.1. The second kappa shape index (κ2) is 5.49. The molecule has 1 aliphatic heterocycles. The van der Waals surface area contributed by atoms with E-state index in [1.54, 1.807) is 6.07 Å². The molecule has 0 bridgehead atoms. The van der Waals surface area contributed by atoms with Crippen molar-refractivity contribution in [3.05, 3.63) is 24.0 Å². The average Bonchev–Trinajstić information content (AvgIpc) is 2.38. The molecular weight excluding hydrogens is 286 g/mol. The third kappa shape index (κ3) is 2.92. The Balaban J connectivity index is 2.42. The summed E-state index contributed by atoms with van der Waals surface area (Å²) in [5, 5.41) is 0. The Hall–Kier alpha value is -1.09. The van der Waals surface area contributed by atoms with Crippen LogP contribution in [0.15, 0.2) is 23.2 Å². The number of sulfonamides is 1. The van der Waals surface area contributed by atoms with Crippen LogP contribution in [-0.2, 0) is 14.8 Å². The highest BCUT2D eigenvalue weighted by atomic mass is 32.2. The lowest BCUT2D eigenvalue weighted by molar-refractivity contribution is 0.0102. The number of morpholine rings is 1. The van der Waals surface area contributed by atoms with Crippen molar-refractivity contribution in [2.45, 2.75) is 17.9 Å². The van der Waals surface area contributed by atoms with Gasteiger partial charge in [0.15, 0.2) is 0 Å². The Morgan fingerprint density at radius 3 is 3.00 bits per heavy atom. The molecule has 6 nitrogen and oxygen atoms in total. The first-order valence-corrected chi connectivity index (χ1v) is 7.64. The van der Waals surface area contributed by atoms with Gasteiger partial charge in [0.25, 0.3) is 0 Å². The third-order valence-corrected chi connectivity index (χ3v) is 4.92. The fraction of sp³-hybridized carbons (Fsp3) is 0.455. The fourth-order valence-corrected chi connectivity index (χ4v) is 3.81. The fourth-order valence-electron chi connectivity index (χ4n) is 1.93. The van der Waals surface area contributed by atoms with E-state index in [-0.39, 0.29) is 21.7 Å². The van der Waals surface area contributed by atoms with Crippen molar-refractivity contribution in [3.8, 4) is 0 Å². The minimum Gasteiger partial charge on any atom is -0.388 e. The van der Waals surface area contributed by atoms with Gasteiger partial charge in [0.05, 0.1) is 12.7 Å². The Labute approximate surface area is 117 Å². The minimum atomic E-state index is -3.65. The van der Waals surface area contributed by atoms with Crippen LogP contribution in [0.25, 0.3) is 0 Å².